The highest BCUT2D eigenvalue weighted by Gasteiger charge is 2.31. The number of benzene rings is 3. The summed E-state index contributed by atoms with van der Waals surface area (Å²) in [5.41, 5.74) is -0.676. The standard InChI is InChI=1S/C22H14Cl2F4O4/c23-17-8-13(32-10-21(30)31)9-18(24)16(17)6-11-1-4-20(29)15(5-11)14-7-12(22(26,27)28)2-3-19(14)25/h1-5,7-9,29H,6,10H2,(H,30,31). The van der Waals surface area contributed by atoms with Gasteiger partial charge < -0.3 is 14.9 Å². The van der Waals surface area contributed by atoms with Crippen LogP contribution in [-0.2, 0) is 17.4 Å². The number of carboxylic acids is 1. The van der Waals surface area contributed by atoms with Crippen molar-refractivity contribution in [3.63, 3.8) is 0 Å². The molecule has 0 bridgehead atoms. The molecule has 0 atom stereocenters. The minimum absolute atomic E-state index is 0.102. The smallest absolute Gasteiger partial charge is 0.416 e. The Morgan fingerprint density at radius 1 is 0.969 bits per heavy atom. The SMILES string of the molecule is O=C(O)COc1cc(Cl)c(Cc2ccc(O)c(-c3cc(C(F)(F)F)ccc3F)c2)c(Cl)c1. The van der Waals surface area contributed by atoms with Gasteiger partial charge in [0.25, 0.3) is 0 Å². The van der Waals surface area contributed by atoms with E-state index in [9.17, 15) is 27.5 Å². The lowest BCUT2D eigenvalue weighted by molar-refractivity contribution is -0.139. The second kappa shape index (κ2) is 9.26. The Morgan fingerprint density at radius 2 is 1.62 bits per heavy atom. The number of phenolic OH excluding ortho intramolecular Hbond substituents is 1. The fraction of sp³-hybridized carbons (Fsp3) is 0.136. The van der Waals surface area contributed by atoms with Crippen molar-refractivity contribution in [2.75, 3.05) is 6.61 Å². The number of carboxylic acid groups (broad SMARTS) is 1. The van der Waals surface area contributed by atoms with E-state index < -0.39 is 41.4 Å². The monoisotopic (exact) mass is 488 g/mol. The number of phenols is 1. The van der Waals surface area contributed by atoms with Crippen LogP contribution in [0.15, 0.2) is 48.5 Å². The first-order chi connectivity index (χ1) is 15.0. The van der Waals surface area contributed by atoms with Gasteiger partial charge in [-0.3, -0.25) is 0 Å². The number of hydrogen-bond donors (Lipinski definition) is 2. The molecule has 32 heavy (non-hydrogen) atoms. The van der Waals surface area contributed by atoms with E-state index >= 15 is 0 Å². The quantitative estimate of drug-likeness (QED) is 0.384. The van der Waals surface area contributed by atoms with Gasteiger partial charge in [-0.2, -0.15) is 13.2 Å². The van der Waals surface area contributed by atoms with E-state index in [2.05, 4.69) is 0 Å². The Morgan fingerprint density at radius 3 is 2.22 bits per heavy atom. The van der Waals surface area contributed by atoms with Gasteiger partial charge in [0.05, 0.1) is 5.56 Å². The third kappa shape index (κ3) is 5.44. The van der Waals surface area contributed by atoms with E-state index in [4.69, 9.17) is 33.0 Å². The first-order valence-electron chi connectivity index (χ1n) is 8.97. The summed E-state index contributed by atoms with van der Waals surface area (Å²) in [5.74, 6) is -2.37. The van der Waals surface area contributed by atoms with Crippen molar-refractivity contribution in [1.29, 1.82) is 0 Å². The number of aliphatic carboxylic acids is 1. The maximum atomic E-state index is 14.3. The van der Waals surface area contributed by atoms with Crippen LogP contribution in [0.3, 0.4) is 0 Å². The molecule has 0 radical (unpaired) electrons. The van der Waals surface area contributed by atoms with Gasteiger partial charge in [-0.15, -0.1) is 0 Å². The summed E-state index contributed by atoms with van der Waals surface area (Å²) >= 11 is 12.5. The number of alkyl halides is 3. The highest BCUT2D eigenvalue weighted by atomic mass is 35.5. The first-order valence-corrected chi connectivity index (χ1v) is 9.73. The predicted molar refractivity (Wildman–Crippen MR) is 111 cm³/mol. The van der Waals surface area contributed by atoms with Crippen LogP contribution in [0.1, 0.15) is 16.7 Å². The van der Waals surface area contributed by atoms with Crippen LogP contribution >= 0.6 is 23.2 Å². The molecule has 4 nitrogen and oxygen atoms in total. The van der Waals surface area contributed by atoms with Gasteiger partial charge in [0.1, 0.15) is 17.3 Å². The first kappa shape index (κ1) is 23.7. The van der Waals surface area contributed by atoms with Gasteiger partial charge in [0.2, 0.25) is 0 Å². The minimum Gasteiger partial charge on any atom is -0.507 e. The molecule has 3 rings (SSSR count). The molecule has 0 aliphatic heterocycles. The molecule has 0 amide bonds. The maximum Gasteiger partial charge on any atom is 0.416 e. The van der Waals surface area contributed by atoms with Crippen molar-refractivity contribution in [1.82, 2.24) is 0 Å². The van der Waals surface area contributed by atoms with E-state index in [0.717, 1.165) is 0 Å². The summed E-state index contributed by atoms with van der Waals surface area (Å²) in [6.07, 6.45) is -4.58. The van der Waals surface area contributed by atoms with Crippen LogP contribution in [0.25, 0.3) is 11.1 Å². The van der Waals surface area contributed by atoms with Gasteiger partial charge in [-0.25, -0.2) is 9.18 Å². The lowest BCUT2D eigenvalue weighted by Gasteiger charge is -2.14. The zero-order valence-corrected chi connectivity index (χ0v) is 17.5. The normalized spacial score (nSPS) is 11.4. The van der Waals surface area contributed by atoms with Crippen LogP contribution in [-0.4, -0.2) is 22.8 Å². The topological polar surface area (TPSA) is 66.8 Å². The Hall–Kier alpha value is -2.97. The Bertz CT molecular complexity index is 1160. The van der Waals surface area contributed by atoms with Gasteiger partial charge in [0.15, 0.2) is 6.61 Å². The third-order valence-corrected chi connectivity index (χ3v) is 5.18. The number of ether oxygens (including phenoxy) is 1. The van der Waals surface area contributed by atoms with E-state index in [-0.39, 0.29) is 27.8 Å². The molecule has 0 aromatic heterocycles. The summed E-state index contributed by atoms with van der Waals surface area (Å²) in [6, 6.07) is 8.75. The van der Waals surface area contributed by atoms with E-state index in [1.54, 1.807) is 0 Å². The lowest BCUT2D eigenvalue weighted by atomic mass is 9.96. The van der Waals surface area contributed by atoms with Crippen LogP contribution < -0.4 is 4.74 Å². The molecular weight excluding hydrogens is 475 g/mol. The van der Waals surface area contributed by atoms with Crippen LogP contribution in [0.2, 0.25) is 10.0 Å². The van der Waals surface area contributed by atoms with Crippen LogP contribution in [0.4, 0.5) is 17.6 Å². The molecule has 3 aromatic rings. The molecule has 0 spiro atoms. The van der Waals surface area contributed by atoms with Gasteiger partial charge >= 0.3 is 12.1 Å². The molecule has 0 aliphatic carbocycles. The molecule has 0 heterocycles. The second-order valence-electron chi connectivity index (χ2n) is 6.77. The average Bonchev–Trinajstić information content (AvgIpc) is 2.70. The van der Waals surface area contributed by atoms with Crippen molar-refractivity contribution >= 4 is 29.2 Å². The highest BCUT2D eigenvalue weighted by molar-refractivity contribution is 6.36. The van der Waals surface area contributed by atoms with E-state index in [1.807, 2.05) is 0 Å². The van der Waals surface area contributed by atoms with Crippen molar-refractivity contribution in [2.24, 2.45) is 0 Å². The summed E-state index contributed by atoms with van der Waals surface area (Å²) in [4.78, 5) is 10.6. The predicted octanol–water partition coefficient (Wildman–Crippen LogP) is 6.58. The molecule has 2 N–H and O–H groups in total. The molecule has 3 aromatic carbocycles. The number of aromatic hydroxyl groups is 1. The largest absolute Gasteiger partial charge is 0.507 e. The number of hydrogen-bond acceptors (Lipinski definition) is 3. The summed E-state index contributed by atoms with van der Waals surface area (Å²) in [7, 11) is 0. The number of halogens is 6. The van der Waals surface area contributed by atoms with E-state index in [1.165, 1.54) is 30.3 Å². The molecule has 10 heteroatoms. The Labute approximate surface area is 189 Å². The molecule has 0 saturated carbocycles. The third-order valence-electron chi connectivity index (χ3n) is 4.50. The van der Waals surface area contributed by atoms with Crippen molar-refractivity contribution in [2.45, 2.75) is 12.6 Å². The van der Waals surface area contributed by atoms with Crippen molar-refractivity contribution in [3.8, 4) is 22.6 Å². The van der Waals surface area contributed by atoms with Crippen molar-refractivity contribution in [3.05, 3.63) is 81.1 Å². The molecule has 0 unspecified atom stereocenters. The fourth-order valence-corrected chi connectivity index (χ4v) is 3.60. The Kier molecular flexibility index (Phi) is 6.85. The molecule has 0 fully saturated rings. The van der Waals surface area contributed by atoms with E-state index in [0.29, 0.717) is 29.3 Å². The average molecular weight is 489 g/mol. The van der Waals surface area contributed by atoms with Gasteiger partial charge in [-0.1, -0.05) is 29.3 Å². The molecule has 168 valence electrons. The highest BCUT2D eigenvalue weighted by Crippen LogP contribution is 2.38. The summed E-state index contributed by atoms with van der Waals surface area (Å²) < 4.78 is 58.5. The Balaban J connectivity index is 1.96. The summed E-state index contributed by atoms with van der Waals surface area (Å²) in [5, 5.41) is 19.2. The molecular formula is C22H14Cl2F4O4. The molecule has 0 saturated heterocycles. The van der Waals surface area contributed by atoms with Crippen LogP contribution in [0, 0.1) is 5.82 Å². The van der Waals surface area contributed by atoms with Gasteiger partial charge in [-0.05, 0) is 53.6 Å². The van der Waals surface area contributed by atoms with Gasteiger partial charge in [0, 0.05) is 27.6 Å². The minimum atomic E-state index is -4.68. The summed E-state index contributed by atoms with van der Waals surface area (Å²) in [6.45, 7) is -0.587. The van der Waals surface area contributed by atoms with Crippen molar-refractivity contribution < 1.29 is 37.3 Å². The zero-order valence-electron chi connectivity index (χ0n) is 16.0. The van der Waals surface area contributed by atoms with Crippen LogP contribution in [0.5, 0.6) is 11.5 Å². The fourth-order valence-electron chi connectivity index (χ4n) is 3.00. The zero-order chi connectivity index (χ0) is 23.6. The second-order valence-corrected chi connectivity index (χ2v) is 7.58. The number of rotatable bonds is 6. The maximum absolute atomic E-state index is 14.3. The number of carbonyl (C=O) groups is 1. The lowest BCUT2D eigenvalue weighted by Crippen LogP contribution is -2.09. The molecule has 0 aliphatic rings.